The summed E-state index contributed by atoms with van der Waals surface area (Å²) in [5.74, 6) is -1.19. The summed E-state index contributed by atoms with van der Waals surface area (Å²) in [5.41, 5.74) is 0.0648. The van der Waals surface area contributed by atoms with Crippen molar-refractivity contribution in [3.63, 3.8) is 0 Å². The van der Waals surface area contributed by atoms with Crippen LogP contribution in [0, 0.1) is 0 Å². The molecule has 3 nitrogen and oxygen atoms in total. The first-order valence-corrected chi connectivity index (χ1v) is 1.51. The fraction of sp³-hybridized carbons (Fsp3) is 0.250. The summed E-state index contributed by atoms with van der Waals surface area (Å²) in [6, 6.07) is 0. The number of aliphatic carboxylic acids is 1. The zero-order valence-electron chi connectivity index (χ0n) is 4.38. The Bertz CT molecular complexity index is 77.3. The summed E-state index contributed by atoms with van der Waals surface area (Å²) in [6.07, 6.45) is 0. The summed E-state index contributed by atoms with van der Waals surface area (Å²) in [4.78, 5) is 9.49. The van der Waals surface area contributed by atoms with Gasteiger partial charge in [-0.3, -0.25) is 0 Å². The van der Waals surface area contributed by atoms with Gasteiger partial charge in [0, 0.05) is 0 Å². The molecule has 0 spiro atoms. The molecule has 0 atom stereocenters. The number of hydrogen-bond donors (Lipinski definition) is 0. The van der Waals surface area contributed by atoms with E-state index in [9.17, 15) is 9.90 Å². The van der Waals surface area contributed by atoms with Crippen LogP contribution in [0.15, 0.2) is 12.2 Å². The number of carboxylic acids is 1. The third-order valence-corrected chi connectivity index (χ3v) is 0.348. The fourth-order valence-corrected chi connectivity index (χ4v) is 0. The minimum Gasteiger partial charge on any atom is -2.00 e. The van der Waals surface area contributed by atoms with Crippen LogP contribution in [-0.2, 0) is 10.3 Å². The first-order valence-electron chi connectivity index (χ1n) is 1.51. The van der Waals surface area contributed by atoms with Gasteiger partial charge in [0.25, 0.3) is 0 Å². The van der Waals surface area contributed by atoms with Gasteiger partial charge in [0.1, 0.15) is 0 Å². The van der Waals surface area contributed by atoms with Gasteiger partial charge in [-0.2, -0.15) is 0 Å². The molecule has 0 saturated heterocycles. The van der Waals surface area contributed by atoms with Crippen LogP contribution in [0.25, 0.3) is 0 Å². The van der Waals surface area contributed by atoms with Gasteiger partial charge in [-0.15, -0.1) is 0 Å². The van der Waals surface area contributed by atoms with Crippen molar-refractivity contribution in [1.82, 2.24) is 0 Å². The SMILES string of the molecule is C=C(C)C(=O)[O-].[Bi+3].[O-2]. The van der Waals surface area contributed by atoms with Crippen LogP contribution in [0.1, 0.15) is 6.92 Å². The van der Waals surface area contributed by atoms with E-state index < -0.39 is 5.97 Å². The molecule has 0 fully saturated rings. The summed E-state index contributed by atoms with van der Waals surface area (Å²) in [5, 5.41) is 9.49. The van der Waals surface area contributed by atoms with Crippen LogP contribution < -0.4 is 5.11 Å². The number of hydrogen-bond acceptors (Lipinski definition) is 2. The maximum absolute atomic E-state index is 9.49. The number of rotatable bonds is 1. The molecule has 44 valence electrons. The summed E-state index contributed by atoms with van der Waals surface area (Å²) >= 11 is 0. The second-order valence-corrected chi connectivity index (χ2v) is 1.07. The van der Waals surface area contributed by atoms with E-state index in [1.54, 1.807) is 0 Å². The van der Waals surface area contributed by atoms with Gasteiger partial charge >= 0.3 is 26.2 Å². The molecule has 0 aromatic heterocycles. The van der Waals surface area contributed by atoms with Crippen LogP contribution in [0.5, 0.6) is 0 Å². The summed E-state index contributed by atoms with van der Waals surface area (Å²) in [7, 11) is 0. The van der Waals surface area contributed by atoms with Crippen molar-refractivity contribution < 1.29 is 15.4 Å². The molecule has 2 radical (unpaired) electrons. The van der Waals surface area contributed by atoms with E-state index in [2.05, 4.69) is 6.58 Å². The van der Waals surface area contributed by atoms with Gasteiger partial charge in [0.05, 0.1) is 5.97 Å². The monoisotopic (exact) mass is 310 g/mol. The van der Waals surface area contributed by atoms with Gasteiger partial charge in [-0.05, 0) is 12.5 Å². The molecule has 0 bridgehead atoms. The van der Waals surface area contributed by atoms with Gasteiger partial charge in [-0.25, -0.2) is 0 Å². The van der Waals surface area contributed by atoms with E-state index in [-0.39, 0.29) is 37.3 Å². The zero-order valence-corrected chi connectivity index (χ0v) is 7.86. The molecular weight excluding hydrogens is 305 g/mol. The average Bonchev–Trinajstić information content (AvgIpc) is 1.36. The molecule has 0 N–H and O–H groups in total. The Labute approximate surface area is 66.8 Å². The minimum absolute atomic E-state index is 0. The predicted molar refractivity (Wildman–Crippen MR) is 26.3 cm³/mol. The maximum atomic E-state index is 9.49. The molecule has 0 aromatic rings. The Hall–Kier alpha value is 0.0531. The van der Waals surface area contributed by atoms with Crippen molar-refractivity contribution in [2.45, 2.75) is 6.92 Å². The summed E-state index contributed by atoms with van der Waals surface area (Å²) < 4.78 is 0. The maximum Gasteiger partial charge on any atom is 3.00 e. The molecule has 0 aromatic carbocycles. The minimum atomic E-state index is -1.19. The smallest absolute Gasteiger partial charge is 2.00 e. The van der Waals surface area contributed by atoms with Gasteiger partial charge < -0.3 is 15.4 Å². The van der Waals surface area contributed by atoms with Gasteiger partial charge in [-0.1, -0.05) is 6.58 Å². The standard InChI is InChI=1S/C4H6O2.Bi.O/c1-3(2)4(5)6;;/h1H2,2H3,(H,5,6);;/q;+3;-2/p-1. The van der Waals surface area contributed by atoms with Crippen molar-refractivity contribution in [2.75, 3.05) is 0 Å². The quantitative estimate of drug-likeness (QED) is 0.452. The van der Waals surface area contributed by atoms with E-state index in [0.29, 0.717) is 0 Å². The predicted octanol–water partition coefficient (Wildman–Crippen LogP) is -1.19. The van der Waals surface area contributed by atoms with Crippen molar-refractivity contribution in [1.29, 1.82) is 0 Å². The van der Waals surface area contributed by atoms with Crippen LogP contribution in [0.4, 0.5) is 0 Å². The van der Waals surface area contributed by atoms with Crippen molar-refractivity contribution >= 4 is 32.2 Å². The van der Waals surface area contributed by atoms with E-state index in [0.717, 1.165) is 0 Å². The second-order valence-electron chi connectivity index (χ2n) is 1.07. The Kier molecular flexibility index (Phi) is 13.8. The van der Waals surface area contributed by atoms with Crippen LogP contribution in [0.2, 0.25) is 0 Å². The molecule has 0 amide bonds. The molecule has 0 aliphatic carbocycles. The number of carbonyl (C=O) groups excluding carboxylic acids is 1. The number of carbonyl (C=O) groups is 1. The van der Waals surface area contributed by atoms with Crippen LogP contribution in [0.3, 0.4) is 0 Å². The van der Waals surface area contributed by atoms with Crippen LogP contribution >= 0.6 is 0 Å². The molecule has 0 aliphatic rings. The van der Waals surface area contributed by atoms with E-state index >= 15 is 0 Å². The van der Waals surface area contributed by atoms with E-state index in [1.807, 2.05) is 0 Å². The first kappa shape index (κ1) is 15.7. The third kappa shape index (κ3) is 9.41. The van der Waals surface area contributed by atoms with E-state index in [4.69, 9.17) is 0 Å². The van der Waals surface area contributed by atoms with Crippen molar-refractivity contribution in [3.05, 3.63) is 12.2 Å². The first-order chi connectivity index (χ1) is 2.64. The number of carboxylic acid groups (broad SMARTS) is 1. The summed E-state index contributed by atoms with van der Waals surface area (Å²) in [6.45, 7) is 4.48. The topological polar surface area (TPSA) is 68.6 Å². The Morgan fingerprint density at radius 1 is 1.62 bits per heavy atom. The molecule has 0 aliphatic heterocycles. The third-order valence-electron chi connectivity index (χ3n) is 0.348. The van der Waals surface area contributed by atoms with E-state index in [1.165, 1.54) is 6.92 Å². The average molecular weight is 310 g/mol. The molecule has 0 heterocycles. The second kappa shape index (κ2) is 7.05. The Morgan fingerprint density at radius 3 is 1.75 bits per heavy atom. The molecule has 4 heteroatoms. The van der Waals surface area contributed by atoms with Gasteiger partial charge in [0.2, 0.25) is 0 Å². The molecule has 8 heavy (non-hydrogen) atoms. The molecule has 0 rings (SSSR count). The zero-order chi connectivity index (χ0) is 5.15. The fourth-order valence-electron chi connectivity index (χ4n) is 0. The van der Waals surface area contributed by atoms with Crippen molar-refractivity contribution in [2.24, 2.45) is 0 Å². The van der Waals surface area contributed by atoms with Gasteiger partial charge in [0.15, 0.2) is 0 Å². The molecule has 0 saturated carbocycles. The Morgan fingerprint density at radius 2 is 1.75 bits per heavy atom. The van der Waals surface area contributed by atoms with Crippen LogP contribution in [-0.4, -0.2) is 32.2 Å². The molecular formula is C4H5BiO3. The largest absolute Gasteiger partial charge is 3.00 e. The molecule has 0 unspecified atom stereocenters. The normalized spacial score (nSPS) is 5.62. The van der Waals surface area contributed by atoms with Crippen molar-refractivity contribution in [3.8, 4) is 0 Å². The Balaban J connectivity index is -0.000000125.